The normalized spacial score (nSPS) is 10.8. The Morgan fingerprint density at radius 1 is 1.28 bits per heavy atom. The number of aryl methyl sites for hydroxylation is 2. The molecule has 0 aliphatic heterocycles. The molecule has 3 aromatic rings. The smallest absolute Gasteiger partial charge is 0.251 e. The minimum absolute atomic E-state index is 0.0417. The summed E-state index contributed by atoms with van der Waals surface area (Å²) in [6.45, 7) is 2.58. The molecule has 0 bridgehead atoms. The van der Waals surface area contributed by atoms with Crippen LogP contribution in [0.3, 0.4) is 0 Å². The molecule has 2 aromatic heterocycles. The summed E-state index contributed by atoms with van der Waals surface area (Å²) in [6.07, 6.45) is 5.57. The van der Waals surface area contributed by atoms with Crippen molar-refractivity contribution in [2.45, 2.75) is 19.8 Å². The summed E-state index contributed by atoms with van der Waals surface area (Å²) in [5.74, 6) is -0.0417. The van der Waals surface area contributed by atoms with Gasteiger partial charge in [0.1, 0.15) is 0 Å². The Morgan fingerprint density at radius 2 is 2.12 bits per heavy atom. The molecule has 0 spiro atoms. The summed E-state index contributed by atoms with van der Waals surface area (Å²) in [5, 5.41) is 7.35. The zero-order valence-corrected chi connectivity index (χ0v) is 14.9. The monoisotopic (exact) mass is 337 g/mol. The van der Waals surface area contributed by atoms with E-state index in [2.05, 4.69) is 15.4 Å². The van der Waals surface area contributed by atoms with Crippen LogP contribution in [0.4, 0.5) is 5.69 Å². The Balaban J connectivity index is 1.52. The van der Waals surface area contributed by atoms with E-state index in [4.69, 9.17) is 0 Å². The first kappa shape index (κ1) is 17.0. The highest BCUT2D eigenvalue weighted by molar-refractivity contribution is 5.95. The number of fused-ring (bicyclic) bond motifs is 1. The fraction of sp³-hybridized carbons (Fsp3) is 0.316. The van der Waals surface area contributed by atoms with Crippen LogP contribution in [-0.4, -0.2) is 41.1 Å². The Morgan fingerprint density at radius 3 is 2.92 bits per heavy atom. The van der Waals surface area contributed by atoms with E-state index >= 15 is 0 Å². The van der Waals surface area contributed by atoms with Gasteiger partial charge in [0.05, 0.1) is 5.69 Å². The molecule has 1 amide bonds. The van der Waals surface area contributed by atoms with Crippen LogP contribution in [0.25, 0.3) is 5.65 Å². The highest BCUT2D eigenvalue weighted by Crippen LogP contribution is 2.13. The fourth-order valence-electron chi connectivity index (χ4n) is 2.68. The van der Waals surface area contributed by atoms with Gasteiger partial charge >= 0.3 is 0 Å². The third-order valence-electron chi connectivity index (χ3n) is 4.04. The molecule has 0 fully saturated rings. The molecule has 3 rings (SSSR count). The molecule has 0 saturated carbocycles. The molecule has 0 aliphatic rings. The molecule has 2 heterocycles. The predicted molar refractivity (Wildman–Crippen MR) is 99.1 cm³/mol. The van der Waals surface area contributed by atoms with Crippen LogP contribution < -0.4 is 10.2 Å². The van der Waals surface area contributed by atoms with Gasteiger partial charge in [-0.2, -0.15) is 5.10 Å². The van der Waals surface area contributed by atoms with E-state index < -0.39 is 0 Å². The summed E-state index contributed by atoms with van der Waals surface area (Å²) in [5.41, 5.74) is 4.62. The second-order valence-electron chi connectivity index (χ2n) is 6.35. The second kappa shape index (κ2) is 7.34. The van der Waals surface area contributed by atoms with Crippen LogP contribution >= 0.6 is 0 Å². The number of anilines is 1. The number of carbonyl (C=O) groups is 1. The van der Waals surface area contributed by atoms with Crippen molar-refractivity contribution in [1.29, 1.82) is 0 Å². The first-order chi connectivity index (χ1) is 12.0. The van der Waals surface area contributed by atoms with Gasteiger partial charge in [-0.25, -0.2) is 9.50 Å². The lowest BCUT2D eigenvalue weighted by Gasteiger charge is -2.13. The summed E-state index contributed by atoms with van der Waals surface area (Å²) in [4.78, 5) is 18.6. The lowest BCUT2D eigenvalue weighted by molar-refractivity contribution is 0.0953. The van der Waals surface area contributed by atoms with Crippen molar-refractivity contribution in [1.82, 2.24) is 19.9 Å². The van der Waals surface area contributed by atoms with E-state index in [1.807, 2.05) is 68.6 Å². The average molecular weight is 337 g/mol. The van der Waals surface area contributed by atoms with Gasteiger partial charge in [-0.15, -0.1) is 0 Å². The molecule has 6 heteroatoms. The Bertz CT molecular complexity index is 884. The highest BCUT2D eigenvalue weighted by Gasteiger charge is 2.07. The number of hydrogen-bond acceptors (Lipinski definition) is 4. The molecule has 130 valence electrons. The molecule has 0 atom stereocenters. The number of hydrogen-bond donors (Lipinski definition) is 1. The van der Waals surface area contributed by atoms with E-state index in [-0.39, 0.29) is 5.91 Å². The zero-order valence-electron chi connectivity index (χ0n) is 14.9. The number of aromatic nitrogens is 3. The molecule has 0 unspecified atom stereocenters. The van der Waals surface area contributed by atoms with Crippen LogP contribution in [0.2, 0.25) is 0 Å². The third kappa shape index (κ3) is 4.15. The van der Waals surface area contributed by atoms with E-state index in [1.165, 1.54) is 0 Å². The van der Waals surface area contributed by atoms with Gasteiger partial charge in [-0.05, 0) is 43.5 Å². The SMILES string of the molecule is Cc1cc2ncc(CCCNC(=O)c3cccc(N(C)C)c3)cn2n1. The van der Waals surface area contributed by atoms with Crippen molar-refractivity contribution in [3.63, 3.8) is 0 Å². The summed E-state index contributed by atoms with van der Waals surface area (Å²) in [7, 11) is 3.92. The highest BCUT2D eigenvalue weighted by atomic mass is 16.1. The van der Waals surface area contributed by atoms with E-state index in [0.717, 1.165) is 35.4 Å². The molecular formula is C19H23N5O. The first-order valence-corrected chi connectivity index (χ1v) is 8.39. The van der Waals surface area contributed by atoms with E-state index in [0.29, 0.717) is 12.1 Å². The van der Waals surface area contributed by atoms with Crippen molar-refractivity contribution < 1.29 is 4.79 Å². The number of rotatable bonds is 6. The van der Waals surface area contributed by atoms with Gasteiger partial charge in [-0.3, -0.25) is 4.79 Å². The van der Waals surface area contributed by atoms with Crippen molar-refractivity contribution in [3.8, 4) is 0 Å². The van der Waals surface area contributed by atoms with Crippen molar-refractivity contribution in [2.24, 2.45) is 0 Å². The number of nitrogens with zero attached hydrogens (tertiary/aromatic N) is 4. The van der Waals surface area contributed by atoms with Crippen molar-refractivity contribution in [2.75, 3.05) is 25.5 Å². The molecule has 1 aromatic carbocycles. The summed E-state index contributed by atoms with van der Waals surface area (Å²) in [6, 6.07) is 9.56. The number of carbonyl (C=O) groups excluding carboxylic acids is 1. The standard InChI is InChI=1S/C19H23N5O/c1-14-10-18-21-12-15(13-24(18)22-14)6-5-9-20-19(25)16-7-4-8-17(11-16)23(2)3/h4,7-8,10-13H,5-6,9H2,1-3H3,(H,20,25). The molecule has 0 saturated heterocycles. The molecule has 6 nitrogen and oxygen atoms in total. The maximum atomic E-state index is 12.3. The first-order valence-electron chi connectivity index (χ1n) is 8.39. The van der Waals surface area contributed by atoms with Crippen LogP contribution in [0.5, 0.6) is 0 Å². The van der Waals surface area contributed by atoms with E-state index in [1.54, 1.807) is 4.52 Å². The lowest BCUT2D eigenvalue weighted by atomic mass is 10.1. The number of amides is 1. The zero-order chi connectivity index (χ0) is 17.8. The molecular weight excluding hydrogens is 314 g/mol. The topological polar surface area (TPSA) is 62.5 Å². The average Bonchev–Trinajstić information content (AvgIpc) is 2.98. The molecule has 0 radical (unpaired) electrons. The van der Waals surface area contributed by atoms with Gasteiger partial charge in [0.2, 0.25) is 0 Å². The van der Waals surface area contributed by atoms with Gasteiger partial charge in [0.25, 0.3) is 5.91 Å². The Labute approximate surface area is 147 Å². The minimum Gasteiger partial charge on any atom is -0.378 e. The van der Waals surface area contributed by atoms with Gasteiger partial charge < -0.3 is 10.2 Å². The molecule has 25 heavy (non-hydrogen) atoms. The van der Waals surface area contributed by atoms with Gasteiger partial charge in [0.15, 0.2) is 5.65 Å². The largest absolute Gasteiger partial charge is 0.378 e. The lowest BCUT2D eigenvalue weighted by Crippen LogP contribution is -2.25. The van der Waals surface area contributed by atoms with Crippen molar-refractivity contribution in [3.05, 3.63) is 59.5 Å². The maximum absolute atomic E-state index is 12.3. The van der Waals surface area contributed by atoms with Crippen molar-refractivity contribution >= 4 is 17.2 Å². The third-order valence-corrected chi connectivity index (χ3v) is 4.04. The Hall–Kier alpha value is -2.89. The minimum atomic E-state index is -0.0417. The van der Waals surface area contributed by atoms with Crippen LogP contribution in [0, 0.1) is 6.92 Å². The molecule has 1 N–H and O–H groups in total. The molecule has 0 aliphatic carbocycles. The fourth-order valence-corrected chi connectivity index (χ4v) is 2.68. The predicted octanol–water partition coefficient (Wildman–Crippen LogP) is 2.47. The summed E-state index contributed by atoms with van der Waals surface area (Å²) >= 11 is 0. The van der Waals surface area contributed by atoms with Crippen LogP contribution in [0.1, 0.15) is 28.0 Å². The quantitative estimate of drug-likeness (QED) is 0.702. The van der Waals surface area contributed by atoms with Crippen LogP contribution in [0.15, 0.2) is 42.7 Å². The second-order valence-corrected chi connectivity index (χ2v) is 6.35. The van der Waals surface area contributed by atoms with Gasteiger partial charge in [-0.1, -0.05) is 6.07 Å². The maximum Gasteiger partial charge on any atom is 0.251 e. The summed E-state index contributed by atoms with van der Waals surface area (Å²) < 4.78 is 1.80. The van der Waals surface area contributed by atoms with E-state index in [9.17, 15) is 4.79 Å². The van der Waals surface area contributed by atoms with Gasteiger partial charge in [0, 0.05) is 50.4 Å². The number of nitrogens with one attached hydrogen (secondary N) is 1. The number of benzene rings is 1. The Kier molecular flexibility index (Phi) is 4.97. The van der Waals surface area contributed by atoms with Crippen LogP contribution in [-0.2, 0) is 6.42 Å².